The predicted octanol–water partition coefficient (Wildman–Crippen LogP) is 3.29. The number of nitrogens with zero attached hydrogens (tertiary/aromatic N) is 2. The second-order valence-electron chi connectivity index (χ2n) is 6.65. The molecule has 0 saturated carbocycles. The van der Waals surface area contributed by atoms with E-state index in [0.717, 1.165) is 5.69 Å². The van der Waals surface area contributed by atoms with Gasteiger partial charge in [-0.1, -0.05) is 32.0 Å². The minimum absolute atomic E-state index is 0.0220. The number of rotatable bonds is 4. The maximum Gasteiger partial charge on any atom is 0.301 e. The van der Waals surface area contributed by atoms with Crippen molar-refractivity contribution in [1.29, 1.82) is 0 Å². The highest BCUT2D eigenvalue weighted by Crippen LogP contribution is 2.22. The molecule has 2 heterocycles. The summed E-state index contributed by atoms with van der Waals surface area (Å²) < 4.78 is 5.30. The van der Waals surface area contributed by atoms with E-state index in [1.807, 2.05) is 44.2 Å². The summed E-state index contributed by atoms with van der Waals surface area (Å²) in [6, 6.07) is 9.48. The fourth-order valence-electron chi connectivity index (χ4n) is 2.92. The van der Waals surface area contributed by atoms with Crippen LogP contribution >= 0.6 is 0 Å². The SMILES string of the molecule is CC(C)c1coc(NC(=O)C2CCN(C(=O)c3ccccc3)CC2)n1. The van der Waals surface area contributed by atoms with Gasteiger partial charge in [0, 0.05) is 24.6 Å². The Labute approximate surface area is 147 Å². The van der Waals surface area contributed by atoms with Crippen LogP contribution in [0.4, 0.5) is 6.01 Å². The van der Waals surface area contributed by atoms with E-state index in [4.69, 9.17) is 4.42 Å². The molecule has 1 aliphatic heterocycles. The van der Waals surface area contributed by atoms with Gasteiger partial charge >= 0.3 is 6.01 Å². The van der Waals surface area contributed by atoms with Crippen LogP contribution in [0, 0.1) is 5.92 Å². The molecule has 1 N–H and O–H groups in total. The highest BCUT2D eigenvalue weighted by atomic mass is 16.4. The van der Waals surface area contributed by atoms with Crippen LogP contribution in [0.5, 0.6) is 0 Å². The van der Waals surface area contributed by atoms with Gasteiger partial charge in [-0.25, -0.2) is 0 Å². The van der Waals surface area contributed by atoms with Crippen molar-refractivity contribution in [2.24, 2.45) is 5.92 Å². The van der Waals surface area contributed by atoms with E-state index in [1.54, 1.807) is 11.2 Å². The molecule has 1 aromatic carbocycles. The standard InChI is InChI=1S/C19H23N3O3/c1-13(2)16-12-25-19(20-16)21-17(23)14-8-10-22(11-9-14)18(24)15-6-4-3-5-7-15/h3-7,12-14H,8-11H2,1-2H3,(H,20,21,23). The molecule has 0 spiro atoms. The number of carbonyl (C=O) groups is 2. The summed E-state index contributed by atoms with van der Waals surface area (Å²) in [6.07, 6.45) is 2.85. The van der Waals surface area contributed by atoms with E-state index in [2.05, 4.69) is 10.3 Å². The van der Waals surface area contributed by atoms with Gasteiger partial charge in [0.25, 0.3) is 5.91 Å². The van der Waals surface area contributed by atoms with Crippen LogP contribution in [0.2, 0.25) is 0 Å². The van der Waals surface area contributed by atoms with Crippen molar-refractivity contribution in [3.63, 3.8) is 0 Å². The average molecular weight is 341 g/mol. The fourth-order valence-corrected chi connectivity index (χ4v) is 2.92. The molecule has 0 unspecified atom stereocenters. The Morgan fingerprint density at radius 2 is 1.88 bits per heavy atom. The summed E-state index contributed by atoms with van der Waals surface area (Å²) in [4.78, 5) is 30.9. The molecule has 2 amide bonds. The Bertz CT molecular complexity index is 731. The van der Waals surface area contributed by atoms with E-state index in [1.165, 1.54) is 0 Å². The maximum absolute atomic E-state index is 12.4. The number of piperidine rings is 1. The third-order valence-electron chi connectivity index (χ3n) is 4.52. The average Bonchev–Trinajstić information content (AvgIpc) is 3.11. The molecule has 3 rings (SSSR count). The molecular weight excluding hydrogens is 318 g/mol. The number of carbonyl (C=O) groups excluding carboxylic acids is 2. The van der Waals surface area contributed by atoms with Crippen LogP contribution in [0.3, 0.4) is 0 Å². The third kappa shape index (κ3) is 4.07. The molecule has 25 heavy (non-hydrogen) atoms. The van der Waals surface area contributed by atoms with E-state index in [0.29, 0.717) is 31.5 Å². The largest absolute Gasteiger partial charge is 0.432 e. The number of amides is 2. The molecule has 6 nitrogen and oxygen atoms in total. The van der Waals surface area contributed by atoms with E-state index in [9.17, 15) is 9.59 Å². The molecule has 132 valence electrons. The van der Waals surface area contributed by atoms with Gasteiger partial charge in [-0.05, 0) is 30.9 Å². The summed E-state index contributed by atoms with van der Waals surface area (Å²) >= 11 is 0. The van der Waals surface area contributed by atoms with Crippen LogP contribution < -0.4 is 5.32 Å². The van der Waals surface area contributed by atoms with Gasteiger partial charge in [-0.15, -0.1) is 0 Å². The fraction of sp³-hybridized carbons (Fsp3) is 0.421. The molecule has 6 heteroatoms. The normalized spacial score (nSPS) is 15.4. The Balaban J connectivity index is 1.53. The van der Waals surface area contributed by atoms with Crippen molar-refractivity contribution in [2.45, 2.75) is 32.6 Å². The Morgan fingerprint density at radius 1 is 1.20 bits per heavy atom. The summed E-state index contributed by atoms with van der Waals surface area (Å²) in [5, 5.41) is 2.74. The molecule has 0 aliphatic carbocycles. The quantitative estimate of drug-likeness (QED) is 0.926. The molecule has 1 saturated heterocycles. The number of likely N-dealkylation sites (tertiary alicyclic amines) is 1. The first-order chi connectivity index (χ1) is 12.0. The van der Waals surface area contributed by atoms with Gasteiger partial charge in [0.2, 0.25) is 5.91 Å². The zero-order chi connectivity index (χ0) is 17.8. The van der Waals surface area contributed by atoms with Crippen molar-refractivity contribution in [3.8, 4) is 0 Å². The van der Waals surface area contributed by atoms with Crippen LogP contribution in [0.15, 0.2) is 41.0 Å². The molecule has 0 atom stereocenters. The van der Waals surface area contributed by atoms with Gasteiger partial charge in [-0.2, -0.15) is 4.98 Å². The van der Waals surface area contributed by atoms with Gasteiger partial charge in [-0.3, -0.25) is 14.9 Å². The first-order valence-corrected chi connectivity index (χ1v) is 8.65. The zero-order valence-corrected chi connectivity index (χ0v) is 14.6. The highest BCUT2D eigenvalue weighted by molar-refractivity contribution is 5.95. The smallest absolute Gasteiger partial charge is 0.301 e. The third-order valence-corrected chi connectivity index (χ3v) is 4.52. The van der Waals surface area contributed by atoms with Crippen molar-refractivity contribution < 1.29 is 14.0 Å². The molecule has 1 aliphatic rings. The highest BCUT2D eigenvalue weighted by Gasteiger charge is 2.28. The lowest BCUT2D eigenvalue weighted by atomic mass is 9.95. The molecular formula is C19H23N3O3. The van der Waals surface area contributed by atoms with E-state index < -0.39 is 0 Å². The maximum atomic E-state index is 12.4. The van der Waals surface area contributed by atoms with Crippen LogP contribution in [-0.2, 0) is 4.79 Å². The second kappa shape index (κ2) is 7.51. The topological polar surface area (TPSA) is 75.4 Å². The van der Waals surface area contributed by atoms with Gasteiger partial charge < -0.3 is 9.32 Å². The lowest BCUT2D eigenvalue weighted by molar-refractivity contribution is -0.121. The Morgan fingerprint density at radius 3 is 2.48 bits per heavy atom. The van der Waals surface area contributed by atoms with E-state index in [-0.39, 0.29) is 29.7 Å². The Kier molecular flexibility index (Phi) is 5.16. The van der Waals surface area contributed by atoms with Crippen LogP contribution in [0.1, 0.15) is 48.7 Å². The zero-order valence-electron chi connectivity index (χ0n) is 14.6. The number of oxazole rings is 1. The van der Waals surface area contributed by atoms with E-state index >= 15 is 0 Å². The first-order valence-electron chi connectivity index (χ1n) is 8.65. The number of hydrogen-bond acceptors (Lipinski definition) is 4. The molecule has 2 aromatic rings. The predicted molar refractivity (Wildman–Crippen MR) is 94.3 cm³/mol. The first kappa shape index (κ1) is 17.2. The van der Waals surface area contributed by atoms with Crippen molar-refractivity contribution in [1.82, 2.24) is 9.88 Å². The van der Waals surface area contributed by atoms with Crippen molar-refractivity contribution in [3.05, 3.63) is 47.9 Å². The number of anilines is 1. The summed E-state index contributed by atoms with van der Waals surface area (Å²) in [7, 11) is 0. The van der Waals surface area contributed by atoms with Gasteiger partial charge in [0.15, 0.2) is 0 Å². The lowest BCUT2D eigenvalue weighted by Crippen LogP contribution is -2.41. The van der Waals surface area contributed by atoms with Gasteiger partial charge in [0.05, 0.1) is 5.69 Å². The molecule has 1 fully saturated rings. The minimum atomic E-state index is -0.130. The summed E-state index contributed by atoms with van der Waals surface area (Å²) in [6.45, 7) is 5.19. The molecule has 1 aromatic heterocycles. The van der Waals surface area contributed by atoms with Gasteiger partial charge in [0.1, 0.15) is 6.26 Å². The molecule has 0 bridgehead atoms. The summed E-state index contributed by atoms with van der Waals surface area (Å²) in [5.74, 6) is 0.0496. The van der Waals surface area contributed by atoms with Crippen LogP contribution in [0.25, 0.3) is 0 Å². The Hall–Kier alpha value is -2.63. The monoisotopic (exact) mass is 341 g/mol. The minimum Gasteiger partial charge on any atom is -0.432 e. The second-order valence-corrected chi connectivity index (χ2v) is 6.65. The number of nitrogens with one attached hydrogen (secondary N) is 1. The summed E-state index contributed by atoms with van der Waals surface area (Å²) in [5.41, 5.74) is 1.50. The number of aromatic nitrogens is 1. The molecule has 0 radical (unpaired) electrons. The number of hydrogen-bond donors (Lipinski definition) is 1. The van der Waals surface area contributed by atoms with Crippen molar-refractivity contribution >= 4 is 17.8 Å². The van der Waals surface area contributed by atoms with Crippen molar-refractivity contribution in [2.75, 3.05) is 18.4 Å². The number of benzene rings is 1. The van der Waals surface area contributed by atoms with Crippen LogP contribution in [-0.4, -0.2) is 34.8 Å². The lowest BCUT2D eigenvalue weighted by Gasteiger charge is -2.31.